The van der Waals surface area contributed by atoms with Gasteiger partial charge in [-0.2, -0.15) is 11.8 Å². The van der Waals surface area contributed by atoms with Gasteiger partial charge in [-0.3, -0.25) is 4.79 Å². The molecule has 5 rings (SSSR count). The zero-order valence-electron chi connectivity index (χ0n) is 17.0. The highest BCUT2D eigenvalue weighted by atomic mass is 32.2. The number of aromatic nitrogens is 3. The third-order valence-corrected chi connectivity index (χ3v) is 7.55. The van der Waals surface area contributed by atoms with Crippen molar-refractivity contribution in [2.75, 3.05) is 19.3 Å². The standard InChI is InChI=1S/C23H24N4OS2/c1-29-15-21-24-17-6-2-4-8-19(17)27(21)14-22(28)26-12-10-16(11-13-26)23-25-18-7-3-5-9-20(18)30-23/h2-9,16H,10-15H2,1H3. The Kier molecular flexibility index (Phi) is 5.48. The number of hydrogen-bond donors (Lipinski definition) is 0. The van der Waals surface area contributed by atoms with Gasteiger partial charge in [-0.1, -0.05) is 24.3 Å². The number of fused-ring (bicyclic) bond motifs is 2. The van der Waals surface area contributed by atoms with Crippen molar-refractivity contribution in [3.63, 3.8) is 0 Å². The molecule has 30 heavy (non-hydrogen) atoms. The summed E-state index contributed by atoms with van der Waals surface area (Å²) in [4.78, 5) is 24.7. The second-order valence-electron chi connectivity index (χ2n) is 7.71. The minimum atomic E-state index is 0.184. The number of hydrogen-bond acceptors (Lipinski definition) is 5. The van der Waals surface area contributed by atoms with E-state index in [1.165, 1.54) is 9.71 Å². The number of benzene rings is 2. The zero-order valence-corrected chi connectivity index (χ0v) is 18.6. The molecule has 1 aliphatic rings. The van der Waals surface area contributed by atoms with Crippen molar-refractivity contribution in [2.24, 2.45) is 0 Å². The van der Waals surface area contributed by atoms with Crippen LogP contribution in [0, 0.1) is 0 Å². The summed E-state index contributed by atoms with van der Waals surface area (Å²) >= 11 is 3.53. The molecule has 1 fully saturated rings. The van der Waals surface area contributed by atoms with Crippen LogP contribution in [-0.4, -0.2) is 44.7 Å². The quantitative estimate of drug-likeness (QED) is 0.446. The average Bonchev–Trinajstić information content (AvgIpc) is 3.36. The fraction of sp³-hybridized carbons (Fsp3) is 0.348. The number of carbonyl (C=O) groups excluding carboxylic acids is 1. The number of imidazole rings is 1. The van der Waals surface area contributed by atoms with E-state index in [9.17, 15) is 4.79 Å². The number of carbonyl (C=O) groups is 1. The molecule has 1 saturated heterocycles. The number of para-hydroxylation sites is 3. The third kappa shape index (κ3) is 3.72. The van der Waals surface area contributed by atoms with Gasteiger partial charge in [0.1, 0.15) is 12.4 Å². The summed E-state index contributed by atoms with van der Waals surface area (Å²) < 4.78 is 3.34. The summed E-state index contributed by atoms with van der Waals surface area (Å²) in [5, 5.41) is 1.21. The van der Waals surface area contributed by atoms with E-state index in [0.29, 0.717) is 12.5 Å². The maximum absolute atomic E-state index is 13.1. The van der Waals surface area contributed by atoms with Crippen LogP contribution in [0.3, 0.4) is 0 Å². The fourth-order valence-electron chi connectivity index (χ4n) is 4.22. The van der Waals surface area contributed by atoms with Crippen LogP contribution in [0.15, 0.2) is 48.5 Å². The molecule has 1 aliphatic heterocycles. The SMILES string of the molecule is CSCc1nc2ccccc2n1CC(=O)N1CCC(c2nc3ccccc3s2)CC1. The molecule has 0 spiro atoms. The first-order valence-electron chi connectivity index (χ1n) is 10.3. The normalized spacial score (nSPS) is 15.3. The molecule has 1 amide bonds. The minimum absolute atomic E-state index is 0.184. The lowest BCUT2D eigenvalue weighted by molar-refractivity contribution is -0.132. The predicted octanol–water partition coefficient (Wildman–Crippen LogP) is 4.92. The van der Waals surface area contributed by atoms with E-state index in [0.717, 1.165) is 54.1 Å². The molecule has 2 aromatic heterocycles. The Morgan fingerprint density at radius 3 is 2.57 bits per heavy atom. The lowest BCUT2D eigenvalue weighted by Gasteiger charge is -2.31. The minimum Gasteiger partial charge on any atom is -0.341 e. The average molecular weight is 437 g/mol. The highest BCUT2D eigenvalue weighted by molar-refractivity contribution is 7.97. The number of thioether (sulfide) groups is 1. The van der Waals surface area contributed by atoms with Crippen LogP contribution in [0.5, 0.6) is 0 Å². The number of nitrogens with zero attached hydrogens (tertiary/aromatic N) is 4. The summed E-state index contributed by atoms with van der Waals surface area (Å²) in [5.74, 6) is 2.42. The topological polar surface area (TPSA) is 51.0 Å². The second-order valence-corrected chi connectivity index (χ2v) is 9.64. The highest BCUT2D eigenvalue weighted by Gasteiger charge is 2.26. The van der Waals surface area contributed by atoms with Crippen molar-refractivity contribution >= 4 is 50.3 Å². The molecule has 0 N–H and O–H groups in total. The molecular weight excluding hydrogens is 412 g/mol. The van der Waals surface area contributed by atoms with E-state index in [1.807, 2.05) is 29.2 Å². The van der Waals surface area contributed by atoms with E-state index in [-0.39, 0.29) is 5.91 Å². The maximum Gasteiger partial charge on any atom is 0.242 e. The van der Waals surface area contributed by atoms with Gasteiger partial charge in [0.05, 0.1) is 32.0 Å². The molecule has 0 aliphatic carbocycles. The van der Waals surface area contributed by atoms with Crippen LogP contribution in [0.1, 0.15) is 29.6 Å². The van der Waals surface area contributed by atoms with Gasteiger partial charge in [0.25, 0.3) is 0 Å². The third-order valence-electron chi connectivity index (χ3n) is 5.81. The maximum atomic E-state index is 13.1. The molecule has 0 unspecified atom stereocenters. The van der Waals surface area contributed by atoms with Crippen LogP contribution >= 0.6 is 23.1 Å². The number of likely N-dealkylation sites (tertiary alicyclic amines) is 1. The van der Waals surface area contributed by atoms with Gasteiger partial charge in [-0.05, 0) is 43.4 Å². The summed E-state index contributed by atoms with van der Waals surface area (Å²) in [5.41, 5.74) is 3.09. The number of amides is 1. The molecule has 0 saturated carbocycles. The summed E-state index contributed by atoms with van der Waals surface area (Å²) in [6, 6.07) is 16.4. The van der Waals surface area contributed by atoms with Crippen LogP contribution in [0.25, 0.3) is 21.3 Å². The smallest absolute Gasteiger partial charge is 0.242 e. The molecule has 7 heteroatoms. The molecule has 0 atom stereocenters. The lowest BCUT2D eigenvalue weighted by atomic mass is 9.97. The first kappa shape index (κ1) is 19.6. The van der Waals surface area contributed by atoms with E-state index in [1.54, 1.807) is 23.1 Å². The first-order chi connectivity index (χ1) is 14.7. The van der Waals surface area contributed by atoms with Gasteiger partial charge < -0.3 is 9.47 Å². The molecule has 3 heterocycles. The Bertz CT molecular complexity index is 1160. The molecule has 154 valence electrons. The van der Waals surface area contributed by atoms with Gasteiger partial charge in [-0.25, -0.2) is 9.97 Å². The molecular formula is C23H24N4OS2. The Morgan fingerprint density at radius 1 is 1.07 bits per heavy atom. The largest absolute Gasteiger partial charge is 0.341 e. The summed E-state index contributed by atoms with van der Waals surface area (Å²) in [7, 11) is 0. The monoisotopic (exact) mass is 436 g/mol. The van der Waals surface area contributed by atoms with Crippen molar-refractivity contribution < 1.29 is 4.79 Å². The van der Waals surface area contributed by atoms with E-state index < -0.39 is 0 Å². The van der Waals surface area contributed by atoms with Crippen LogP contribution in [0.4, 0.5) is 0 Å². The number of thiazole rings is 1. The second kappa shape index (κ2) is 8.40. The Hall–Kier alpha value is -2.38. The van der Waals surface area contributed by atoms with Crippen LogP contribution in [0.2, 0.25) is 0 Å². The molecule has 2 aromatic carbocycles. The predicted molar refractivity (Wildman–Crippen MR) is 125 cm³/mol. The summed E-state index contributed by atoms with van der Waals surface area (Å²) in [6.07, 6.45) is 4.03. The zero-order chi connectivity index (χ0) is 20.5. The molecule has 0 radical (unpaired) electrons. The number of piperidine rings is 1. The highest BCUT2D eigenvalue weighted by Crippen LogP contribution is 2.34. The molecule has 4 aromatic rings. The van der Waals surface area contributed by atoms with Gasteiger partial charge >= 0.3 is 0 Å². The van der Waals surface area contributed by atoms with Crippen molar-refractivity contribution in [3.8, 4) is 0 Å². The number of rotatable bonds is 5. The molecule has 0 bridgehead atoms. The van der Waals surface area contributed by atoms with E-state index in [4.69, 9.17) is 9.97 Å². The van der Waals surface area contributed by atoms with Crippen molar-refractivity contribution in [1.82, 2.24) is 19.4 Å². The van der Waals surface area contributed by atoms with E-state index >= 15 is 0 Å². The van der Waals surface area contributed by atoms with Gasteiger partial charge in [0.15, 0.2) is 0 Å². The van der Waals surface area contributed by atoms with Gasteiger partial charge in [0.2, 0.25) is 5.91 Å². The van der Waals surface area contributed by atoms with E-state index in [2.05, 4.69) is 35.1 Å². The van der Waals surface area contributed by atoms with Crippen molar-refractivity contribution in [2.45, 2.75) is 31.1 Å². The Labute approximate surface area is 184 Å². The lowest BCUT2D eigenvalue weighted by Crippen LogP contribution is -2.39. The van der Waals surface area contributed by atoms with Crippen LogP contribution in [-0.2, 0) is 17.1 Å². The Balaban J connectivity index is 1.28. The summed E-state index contributed by atoms with van der Waals surface area (Å²) in [6.45, 7) is 1.95. The van der Waals surface area contributed by atoms with Crippen LogP contribution < -0.4 is 0 Å². The van der Waals surface area contributed by atoms with Crippen molar-refractivity contribution in [3.05, 3.63) is 59.4 Å². The first-order valence-corrected chi connectivity index (χ1v) is 12.5. The van der Waals surface area contributed by atoms with Gasteiger partial charge in [0, 0.05) is 19.0 Å². The Morgan fingerprint density at radius 2 is 1.80 bits per heavy atom. The fourth-order valence-corrected chi connectivity index (χ4v) is 5.83. The van der Waals surface area contributed by atoms with Gasteiger partial charge in [-0.15, -0.1) is 11.3 Å². The van der Waals surface area contributed by atoms with Crippen molar-refractivity contribution in [1.29, 1.82) is 0 Å². The molecule has 5 nitrogen and oxygen atoms in total.